The molecule has 0 bridgehead atoms. The predicted octanol–water partition coefficient (Wildman–Crippen LogP) is 3.70. The molecule has 2 heteroatoms. The number of nitrogens with one attached hydrogen (secondary N) is 1. The summed E-state index contributed by atoms with van der Waals surface area (Å²) in [6.45, 7) is 9.13. The Labute approximate surface area is 114 Å². The molecule has 2 atom stereocenters. The molecule has 0 aromatic heterocycles. The van der Waals surface area contributed by atoms with Crippen LogP contribution in [0.4, 0.5) is 0 Å². The van der Waals surface area contributed by atoms with Gasteiger partial charge in [0.2, 0.25) is 0 Å². The smallest absolute Gasteiger partial charge is 0.00723 e. The van der Waals surface area contributed by atoms with Crippen molar-refractivity contribution in [3.8, 4) is 0 Å². The van der Waals surface area contributed by atoms with E-state index in [-0.39, 0.29) is 0 Å². The lowest BCUT2D eigenvalue weighted by atomic mass is 9.92. The highest BCUT2D eigenvalue weighted by molar-refractivity contribution is 4.86. The zero-order valence-corrected chi connectivity index (χ0v) is 12.8. The fourth-order valence-corrected chi connectivity index (χ4v) is 3.38. The van der Waals surface area contributed by atoms with Gasteiger partial charge in [-0.25, -0.2) is 0 Å². The lowest BCUT2D eigenvalue weighted by molar-refractivity contribution is 0.358. The van der Waals surface area contributed by atoms with E-state index in [1.807, 2.05) is 0 Å². The molecule has 0 aliphatic heterocycles. The first kappa shape index (κ1) is 16.0. The highest BCUT2D eigenvalue weighted by atomic mass is 14.9. The summed E-state index contributed by atoms with van der Waals surface area (Å²) in [7, 11) is 0. The van der Waals surface area contributed by atoms with Crippen molar-refractivity contribution in [3.63, 3.8) is 0 Å². The van der Waals surface area contributed by atoms with Gasteiger partial charge >= 0.3 is 0 Å². The molecule has 1 aliphatic rings. The maximum absolute atomic E-state index is 5.68. The van der Waals surface area contributed by atoms with Gasteiger partial charge in [-0.3, -0.25) is 0 Å². The Kier molecular flexibility index (Phi) is 7.25. The van der Waals surface area contributed by atoms with Gasteiger partial charge < -0.3 is 11.1 Å². The molecule has 0 saturated heterocycles. The molecule has 1 aliphatic carbocycles. The third kappa shape index (κ3) is 6.19. The van der Waals surface area contributed by atoms with E-state index in [0.29, 0.717) is 5.41 Å². The number of nitrogens with two attached hydrogens (primary N) is 1. The third-order valence-corrected chi connectivity index (χ3v) is 4.46. The van der Waals surface area contributed by atoms with Crippen molar-refractivity contribution in [3.05, 3.63) is 0 Å². The first-order valence-electron chi connectivity index (χ1n) is 8.01. The van der Waals surface area contributed by atoms with Crippen molar-refractivity contribution in [2.24, 2.45) is 17.1 Å². The summed E-state index contributed by atoms with van der Waals surface area (Å²) in [4.78, 5) is 0. The van der Waals surface area contributed by atoms with Crippen molar-refractivity contribution >= 4 is 0 Å². The summed E-state index contributed by atoms with van der Waals surface area (Å²) in [5.74, 6) is 0.863. The summed E-state index contributed by atoms with van der Waals surface area (Å²) in [5.41, 5.74) is 6.25. The molecule has 3 N–H and O–H groups in total. The van der Waals surface area contributed by atoms with Gasteiger partial charge in [0.15, 0.2) is 0 Å². The van der Waals surface area contributed by atoms with Crippen LogP contribution in [0.2, 0.25) is 0 Å². The van der Waals surface area contributed by atoms with Gasteiger partial charge in [0.25, 0.3) is 0 Å². The fourth-order valence-electron chi connectivity index (χ4n) is 3.38. The Morgan fingerprint density at radius 2 is 2.06 bits per heavy atom. The summed E-state index contributed by atoms with van der Waals surface area (Å²) in [5, 5.41) is 3.75. The molecule has 2 nitrogen and oxygen atoms in total. The van der Waals surface area contributed by atoms with Gasteiger partial charge in [0, 0.05) is 6.04 Å². The minimum absolute atomic E-state index is 0.571. The Bertz CT molecular complexity index is 203. The first-order valence-corrected chi connectivity index (χ1v) is 8.01. The van der Waals surface area contributed by atoms with E-state index in [2.05, 4.69) is 26.1 Å². The quantitative estimate of drug-likeness (QED) is 0.616. The fraction of sp³-hybridized carbons (Fsp3) is 1.00. The zero-order chi connectivity index (χ0) is 13.4. The summed E-state index contributed by atoms with van der Waals surface area (Å²) >= 11 is 0. The van der Waals surface area contributed by atoms with Crippen LogP contribution in [0, 0.1) is 11.3 Å². The Balaban J connectivity index is 2.07. The molecule has 18 heavy (non-hydrogen) atoms. The molecule has 1 saturated carbocycles. The van der Waals surface area contributed by atoms with Crippen LogP contribution < -0.4 is 11.1 Å². The lowest BCUT2D eigenvalue weighted by Crippen LogP contribution is -2.28. The molecule has 1 fully saturated rings. The van der Waals surface area contributed by atoms with Crippen molar-refractivity contribution in [1.82, 2.24) is 5.32 Å². The monoisotopic (exact) mass is 254 g/mol. The summed E-state index contributed by atoms with van der Waals surface area (Å²) < 4.78 is 0. The van der Waals surface area contributed by atoms with Crippen LogP contribution in [0.1, 0.15) is 72.1 Å². The van der Waals surface area contributed by atoms with E-state index in [9.17, 15) is 0 Å². The largest absolute Gasteiger partial charge is 0.330 e. The first-order chi connectivity index (χ1) is 8.57. The van der Waals surface area contributed by atoms with Crippen molar-refractivity contribution in [1.29, 1.82) is 0 Å². The molecule has 0 radical (unpaired) electrons. The van der Waals surface area contributed by atoms with Crippen LogP contribution in [0.5, 0.6) is 0 Å². The highest BCUT2D eigenvalue weighted by Crippen LogP contribution is 2.36. The number of rotatable bonds is 9. The van der Waals surface area contributed by atoms with Gasteiger partial charge in [-0.2, -0.15) is 0 Å². The van der Waals surface area contributed by atoms with Gasteiger partial charge in [0.1, 0.15) is 0 Å². The van der Waals surface area contributed by atoms with Crippen LogP contribution >= 0.6 is 0 Å². The minimum atomic E-state index is 0.571. The molecule has 0 aromatic carbocycles. The maximum atomic E-state index is 5.68. The van der Waals surface area contributed by atoms with Crippen molar-refractivity contribution in [2.75, 3.05) is 13.1 Å². The van der Waals surface area contributed by atoms with Crippen LogP contribution in [-0.2, 0) is 0 Å². The van der Waals surface area contributed by atoms with Crippen LogP contribution in [0.3, 0.4) is 0 Å². The van der Waals surface area contributed by atoms with Crippen molar-refractivity contribution in [2.45, 2.75) is 78.2 Å². The second kappa shape index (κ2) is 8.16. The van der Waals surface area contributed by atoms with E-state index in [1.165, 1.54) is 57.9 Å². The van der Waals surface area contributed by atoms with Crippen LogP contribution in [0.25, 0.3) is 0 Å². The number of hydrogen-bond donors (Lipinski definition) is 2. The van der Waals surface area contributed by atoms with E-state index in [4.69, 9.17) is 5.73 Å². The summed E-state index contributed by atoms with van der Waals surface area (Å²) in [6, 6.07) is 0.777. The van der Waals surface area contributed by atoms with E-state index in [0.717, 1.165) is 18.5 Å². The van der Waals surface area contributed by atoms with Gasteiger partial charge in [-0.1, -0.05) is 33.6 Å². The minimum Gasteiger partial charge on any atom is -0.330 e. The van der Waals surface area contributed by atoms with E-state index in [1.54, 1.807) is 0 Å². The SMILES string of the molecule is CCCC(CCN)CCCNC1CCC(C)(C)C1. The molecule has 0 heterocycles. The second-order valence-corrected chi connectivity index (χ2v) is 6.93. The van der Waals surface area contributed by atoms with Crippen LogP contribution in [0.15, 0.2) is 0 Å². The Morgan fingerprint density at radius 1 is 1.28 bits per heavy atom. The third-order valence-electron chi connectivity index (χ3n) is 4.46. The molecule has 108 valence electrons. The van der Waals surface area contributed by atoms with E-state index >= 15 is 0 Å². The zero-order valence-electron chi connectivity index (χ0n) is 12.8. The molecule has 0 aromatic rings. The van der Waals surface area contributed by atoms with E-state index < -0.39 is 0 Å². The molecule has 0 spiro atoms. The number of hydrogen-bond acceptors (Lipinski definition) is 2. The maximum Gasteiger partial charge on any atom is 0.00723 e. The van der Waals surface area contributed by atoms with Gasteiger partial charge in [-0.05, 0) is 62.9 Å². The predicted molar refractivity (Wildman–Crippen MR) is 80.7 cm³/mol. The topological polar surface area (TPSA) is 38.0 Å². The Hall–Kier alpha value is -0.0800. The van der Waals surface area contributed by atoms with Crippen LogP contribution in [-0.4, -0.2) is 19.1 Å². The average molecular weight is 254 g/mol. The standard InChI is InChI=1S/C16H34N2/c1-4-6-14(9-11-17)7-5-12-18-15-8-10-16(2,3)13-15/h14-15,18H,4-13,17H2,1-3H3. The highest BCUT2D eigenvalue weighted by Gasteiger charge is 2.30. The normalized spacial score (nSPS) is 24.3. The van der Waals surface area contributed by atoms with Gasteiger partial charge in [0.05, 0.1) is 0 Å². The lowest BCUT2D eigenvalue weighted by Gasteiger charge is -2.19. The molecular weight excluding hydrogens is 220 g/mol. The average Bonchev–Trinajstić information content (AvgIpc) is 2.65. The van der Waals surface area contributed by atoms with Gasteiger partial charge in [-0.15, -0.1) is 0 Å². The molecule has 2 unspecified atom stereocenters. The summed E-state index contributed by atoms with van der Waals surface area (Å²) in [6.07, 6.45) is 10.7. The molecular formula is C16H34N2. The molecule has 0 amide bonds. The molecule has 1 rings (SSSR count). The Morgan fingerprint density at radius 3 is 2.61 bits per heavy atom. The second-order valence-electron chi connectivity index (χ2n) is 6.93. The van der Waals surface area contributed by atoms with Crippen molar-refractivity contribution < 1.29 is 0 Å².